The molecule has 0 aliphatic carbocycles. The Kier molecular flexibility index (Phi) is 6.84. The second-order valence-corrected chi connectivity index (χ2v) is 13.5. The van der Waals surface area contributed by atoms with Crippen LogP contribution in [0, 0.1) is 0 Å². The largest absolute Gasteiger partial charge is 0.465 e. The van der Waals surface area contributed by atoms with Gasteiger partial charge >= 0.3 is 5.97 Å². The maximum atomic E-state index is 12.9. The monoisotopic (exact) mass is 407 g/mol. The lowest BCUT2D eigenvalue weighted by Gasteiger charge is -2.16. The fourth-order valence-electron chi connectivity index (χ4n) is 2.82. The van der Waals surface area contributed by atoms with Crippen LogP contribution >= 0.6 is 0 Å². The van der Waals surface area contributed by atoms with Crippen LogP contribution in [0.2, 0.25) is 25.7 Å². The topological polar surface area (TPSA) is 84.5 Å². The Bertz CT molecular complexity index is 965. The van der Waals surface area contributed by atoms with E-state index in [9.17, 15) is 14.4 Å². The number of nitrogens with zero attached hydrogens (tertiary/aromatic N) is 3. The zero-order valence-corrected chi connectivity index (χ0v) is 18.4. The molecule has 8 nitrogen and oxygen atoms in total. The third-order valence-corrected chi connectivity index (χ3v) is 6.17. The molecule has 154 valence electrons. The Balaban J connectivity index is 2.41. The fraction of sp³-hybridized carbons (Fsp3) is 0.526. The van der Waals surface area contributed by atoms with Crippen LogP contribution in [-0.2, 0) is 29.8 Å². The predicted octanol–water partition coefficient (Wildman–Crippen LogP) is 2.13. The number of pyridine rings is 1. The first kappa shape index (κ1) is 21.9. The van der Waals surface area contributed by atoms with Crippen molar-refractivity contribution in [3.63, 3.8) is 0 Å². The third-order valence-electron chi connectivity index (χ3n) is 4.47. The van der Waals surface area contributed by atoms with Crippen LogP contribution in [0.1, 0.15) is 17.3 Å². The molecular formula is C19H29N3O5Si. The molecule has 0 atom stereocenters. The van der Waals surface area contributed by atoms with Crippen LogP contribution in [0.5, 0.6) is 0 Å². The molecule has 28 heavy (non-hydrogen) atoms. The summed E-state index contributed by atoms with van der Waals surface area (Å²) in [4.78, 5) is 37.3. The number of carbonyl (C=O) groups excluding carboxylic acids is 1. The molecule has 2 rings (SSSR count). The highest BCUT2D eigenvalue weighted by atomic mass is 28.3. The Morgan fingerprint density at radius 3 is 2.36 bits per heavy atom. The lowest BCUT2D eigenvalue weighted by molar-refractivity contribution is 0.0599. The summed E-state index contributed by atoms with van der Waals surface area (Å²) in [7, 11) is 1.60. The summed E-state index contributed by atoms with van der Waals surface area (Å²) in [5.74, 6) is -0.568. The normalized spacial score (nSPS) is 11.6. The van der Waals surface area contributed by atoms with E-state index in [0.29, 0.717) is 13.2 Å². The molecule has 0 amide bonds. The van der Waals surface area contributed by atoms with E-state index in [1.165, 1.54) is 35.7 Å². The number of rotatable bonds is 8. The zero-order valence-electron chi connectivity index (χ0n) is 17.4. The average molecular weight is 408 g/mol. The Labute approximate surface area is 165 Å². The number of esters is 1. The number of hydrogen-bond acceptors (Lipinski definition) is 5. The van der Waals surface area contributed by atoms with Crippen LogP contribution in [0.25, 0.3) is 11.1 Å². The van der Waals surface area contributed by atoms with Gasteiger partial charge in [-0.3, -0.25) is 14.3 Å². The second kappa shape index (κ2) is 8.74. The maximum Gasteiger partial charge on any atom is 0.339 e. The summed E-state index contributed by atoms with van der Waals surface area (Å²) in [5.41, 5.74) is -0.0400. The molecular weight excluding hydrogens is 378 g/mol. The minimum absolute atomic E-state index is 0.165. The van der Waals surface area contributed by atoms with Crippen LogP contribution in [0.15, 0.2) is 28.0 Å². The van der Waals surface area contributed by atoms with Crippen molar-refractivity contribution in [1.29, 1.82) is 0 Å². The number of aryl methyl sites for hydroxylation is 1. The number of ether oxygens (including phenoxy) is 2. The SMILES string of the molecule is CCn1c(=O)c(-c2cc(C(=O)OC)cn(C)c2=O)cn1COCC[Si](C)(C)C. The van der Waals surface area contributed by atoms with E-state index < -0.39 is 14.0 Å². The van der Waals surface area contributed by atoms with Crippen molar-refractivity contribution in [2.45, 2.75) is 45.9 Å². The molecule has 0 aromatic carbocycles. The van der Waals surface area contributed by atoms with Crippen molar-refractivity contribution in [3.8, 4) is 11.1 Å². The highest BCUT2D eigenvalue weighted by Crippen LogP contribution is 2.15. The second-order valence-electron chi connectivity index (χ2n) is 7.90. The third kappa shape index (κ3) is 4.90. The molecule has 0 bridgehead atoms. The molecule has 0 spiro atoms. The zero-order chi connectivity index (χ0) is 21.1. The van der Waals surface area contributed by atoms with Crippen molar-refractivity contribution in [2.24, 2.45) is 7.05 Å². The van der Waals surface area contributed by atoms with E-state index in [0.717, 1.165) is 6.04 Å². The van der Waals surface area contributed by atoms with Gasteiger partial charge in [-0.2, -0.15) is 0 Å². The van der Waals surface area contributed by atoms with Gasteiger partial charge in [-0.1, -0.05) is 19.6 Å². The Hall–Kier alpha value is -2.39. The van der Waals surface area contributed by atoms with Gasteiger partial charge < -0.3 is 14.0 Å². The molecule has 0 aliphatic heterocycles. The van der Waals surface area contributed by atoms with E-state index in [2.05, 4.69) is 19.6 Å². The summed E-state index contributed by atoms with van der Waals surface area (Å²) in [6.07, 6.45) is 3.00. The molecule has 0 radical (unpaired) electrons. The smallest absolute Gasteiger partial charge is 0.339 e. The summed E-state index contributed by atoms with van der Waals surface area (Å²) in [6, 6.07) is 2.43. The minimum Gasteiger partial charge on any atom is -0.465 e. The van der Waals surface area contributed by atoms with E-state index in [4.69, 9.17) is 9.47 Å². The van der Waals surface area contributed by atoms with Gasteiger partial charge in [0.25, 0.3) is 11.1 Å². The van der Waals surface area contributed by atoms with Crippen molar-refractivity contribution in [3.05, 3.63) is 44.7 Å². The van der Waals surface area contributed by atoms with Crippen molar-refractivity contribution < 1.29 is 14.3 Å². The predicted molar refractivity (Wildman–Crippen MR) is 110 cm³/mol. The van der Waals surface area contributed by atoms with Gasteiger partial charge in [0.15, 0.2) is 0 Å². The molecule has 2 aromatic rings. The fourth-order valence-corrected chi connectivity index (χ4v) is 3.57. The van der Waals surface area contributed by atoms with Gasteiger partial charge in [-0.15, -0.1) is 0 Å². The van der Waals surface area contributed by atoms with Gasteiger partial charge in [-0.25, -0.2) is 9.48 Å². The first-order valence-corrected chi connectivity index (χ1v) is 13.0. The van der Waals surface area contributed by atoms with E-state index in [-0.39, 0.29) is 34.5 Å². The summed E-state index contributed by atoms with van der Waals surface area (Å²) in [6.45, 7) is 9.97. The van der Waals surface area contributed by atoms with Crippen molar-refractivity contribution in [1.82, 2.24) is 13.9 Å². The highest BCUT2D eigenvalue weighted by molar-refractivity contribution is 6.76. The first-order valence-electron chi connectivity index (χ1n) is 9.26. The number of aromatic nitrogens is 3. The molecule has 0 N–H and O–H groups in total. The van der Waals surface area contributed by atoms with Crippen molar-refractivity contribution >= 4 is 14.0 Å². The average Bonchev–Trinajstić information content (AvgIpc) is 2.94. The standard InChI is InChI=1S/C19H29N3O5Si/c1-7-22-18(24)16(12-21(22)13-27-8-9-28(4,5)6)15-10-14(19(25)26-3)11-20(2)17(15)23/h10-12H,7-9,13H2,1-6H3. The van der Waals surface area contributed by atoms with Crippen LogP contribution in [0.3, 0.4) is 0 Å². The van der Waals surface area contributed by atoms with Gasteiger partial charge in [0.05, 0.1) is 23.8 Å². The van der Waals surface area contributed by atoms with Gasteiger partial charge in [0, 0.05) is 40.7 Å². The number of methoxy groups -OCH3 is 1. The summed E-state index contributed by atoms with van der Waals surface area (Å²) >= 11 is 0. The lowest BCUT2D eigenvalue weighted by atomic mass is 10.1. The molecule has 2 heterocycles. The van der Waals surface area contributed by atoms with Gasteiger partial charge in [0.1, 0.15) is 6.73 Å². The first-order chi connectivity index (χ1) is 13.1. The molecule has 0 saturated heterocycles. The Morgan fingerprint density at radius 1 is 1.11 bits per heavy atom. The molecule has 0 saturated carbocycles. The van der Waals surface area contributed by atoms with E-state index >= 15 is 0 Å². The molecule has 0 unspecified atom stereocenters. The quantitative estimate of drug-likeness (QED) is 0.380. The molecule has 9 heteroatoms. The van der Waals surface area contributed by atoms with Crippen LogP contribution < -0.4 is 11.1 Å². The number of hydrogen-bond donors (Lipinski definition) is 0. The van der Waals surface area contributed by atoms with E-state index in [1.807, 2.05) is 6.92 Å². The summed E-state index contributed by atoms with van der Waals surface area (Å²) in [5, 5.41) is 0. The van der Waals surface area contributed by atoms with Crippen LogP contribution in [-0.4, -0.2) is 41.7 Å². The van der Waals surface area contributed by atoms with Gasteiger partial charge in [-0.05, 0) is 19.0 Å². The molecule has 0 fully saturated rings. The lowest BCUT2D eigenvalue weighted by Crippen LogP contribution is -2.26. The Morgan fingerprint density at radius 2 is 1.79 bits per heavy atom. The highest BCUT2D eigenvalue weighted by Gasteiger charge is 2.19. The molecule has 2 aromatic heterocycles. The van der Waals surface area contributed by atoms with Gasteiger partial charge in [0.2, 0.25) is 0 Å². The minimum atomic E-state index is -1.20. The maximum absolute atomic E-state index is 12.9. The summed E-state index contributed by atoms with van der Waals surface area (Å²) < 4.78 is 15.0. The van der Waals surface area contributed by atoms with Crippen LogP contribution in [0.4, 0.5) is 0 Å². The van der Waals surface area contributed by atoms with E-state index in [1.54, 1.807) is 10.9 Å². The molecule has 0 aliphatic rings. The van der Waals surface area contributed by atoms with Crippen molar-refractivity contribution in [2.75, 3.05) is 13.7 Å². The number of carbonyl (C=O) groups is 1.